The number of nitriles is 1. The molecule has 0 aromatic carbocycles. The number of aryl methyl sites for hydroxylation is 1. The van der Waals surface area contributed by atoms with Gasteiger partial charge in [0.2, 0.25) is 0 Å². The zero-order valence-electron chi connectivity index (χ0n) is 7.05. The fraction of sp³-hybridized carbons (Fsp3) is 0.143. The Morgan fingerprint density at radius 3 is 2.31 bits per heavy atom. The summed E-state index contributed by atoms with van der Waals surface area (Å²) in [6, 6.07) is 5.67. The van der Waals surface area contributed by atoms with E-state index in [0.717, 1.165) is 5.56 Å². The Labute approximate surface area is 76.1 Å². The molecule has 5 nitrogen and oxygen atoms in total. The Bertz CT molecular complexity index is 295. The van der Waals surface area contributed by atoms with Crippen LogP contribution >= 0.6 is 0 Å². The predicted octanol–water partition coefficient (Wildman–Crippen LogP) is -0.790. The van der Waals surface area contributed by atoms with E-state index in [-0.39, 0.29) is 0 Å². The van der Waals surface area contributed by atoms with Gasteiger partial charge in [0.25, 0.3) is 0 Å². The Morgan fingerprint density at radius 1 is 1.46 bits per heavy atom. The van der Waals surface area contributed by atoms with Gasteiger partial charge in [-0.05, 0) is 18.6 Å². The van der Waals surface area contributed by atoms with Crippen LogP contribution in [0.5, 0.6) is 0 Å². The van der Waals surface area contributed by atoms with Crippen molar-refractivity contribution in [1.82, 2.24) is 4.98 Å². The Hall–Kier alpha value is -1.42. The highest BCUT2D eigenvalue weighted by atomic mass is 16.5. The number of hydrogen-bond acceptors (Lipinski definition) is 5. The van der Waals surface area contributed by atoms with Gasteiger partial charge in [-0.2, -0.15) is 5.26 Å². The van der Waals surface area contributed by atoms with Crippen LogP contribution in [0, 0.1) is 18.3 Å². The molecule has 0 saturated heterocycles. The first-order chi connectivity index (χ1) is 6.07. The minimum absolute atomic E-state index is 0.512. The highest BCUT2D eigenvalue weighted by molar-refractivity contribution is 6.30. The van der Waals surface area contributed by atoms with Gasteiger partial charge in [0, 0.05) is 6.20 Å². The zero-order chi connectivity index (χ0) is 10.3. The van der Waals surface area contributed by atoms with Crippen LogP contribution in [0.1, 0.15) is 11.3 Å². The first-order valence-electron chi connectivity index (χ1n) is 3.44. The van der Waals surface area contributed by atoms with Crippen molar-refractivity contribution in [2.45, 2.75) is 6.92 Å². The second-order valence-electron chi connectivity index (χ2n) is 2.13. The molecule has 0 amide bonds. The summed E-state index contributed by atoms with van der Waals surface area (Å²) in [5.74, 6) is 0. The summed E-state index contributed by atoms with van der Waals surface area (Å²) < 4.78 is 0. The van der Waals surface area contributed by atoms with E-state index < -0.39 is 7.32 Å². The quantitative estimate of drug-likeness (QED) is 0.454. The molecule has 1 heterocycles. The summed E-state index contributed by atoms with van der Waals surface area (Å²) in [6.07, 6.45) is 1.62. The van der Waals surface area contributed by atoms with E-state index in [1.165, 1.54) is 0 Å². The van der Waals surface area contributed by atoms with Crippen molar-refractivity contribution in [2.24, 2.45) is 0 Å². The van der Waals surface area contributed by atoms with Crippen molar-refractivity contribution in [2.75, 3.05) is 0 Å². The van der Waals surface area contributed by atoms with E-state index in [1.807, 2.05) is 25.1 Å². The third-order valence-corrected chi connectivity index (χ3v) is 1.12. The molecule has 0 unspecified atom stereocenters. The Kier molecular flexibility index (Phi) is 5.47. The Balaban J connectivity index is 0.000000310. The highest BCUT2D eigenvalue weighted by Crippen LogP contribution is 1.99. The van der Waals surface area contributed by atoms with Crippen molar-refractivity contribution >= 4 is 7.32 Å². The lowest BCUT2D eigenvalue weighted by atomic mass is 10.2. The summed E-state index contributed by atoms with van der Waals surface area (Å²) in [4.78, 5) is 3.84. The number of nitrogens with zero attached hydrogens (tertiary/aromatic N) is 2. The SMILES string of the molecule is Cc1cccnc1C#N.OB(O)O. The average Bonchev–Trinajstić information content (AvgIpc) is 2.04. The maximum atomic E-state index is 8.41. The Morgan fingerprint density at radius 2 is 2.00 bits per heavy atom. The van der Waals surface area contributed by atoms with E-state index in [2.05, 4.69) is 4.98 Å². The van der Waals surface area contributed by atoms with Crippen molar-refractivity contribution in [3.63, 3.8) is 0 Å². The molecule has 3 N–H and O–H groups in total. The molecule has 1 aromatic heterocycles. The lowest BCUT2D eigenvalue weighted by molar-refractivity contribution is 0.278. The molecule has 6 heteroatoms. The van der Waals surface area contributed by atoms with Gasteiger partial charge >= 0.3 is 7.32 Å². The fourth-order valence-corrected chi connectivity index (χ4v) is 0.603. The van der Waals surface area contributed by atoms with Gasteiger partial charge in [0.15, 0.2) is 0 Å². The summed E-state index contributed by atoms with van der Waals surface area (Å²) in [7, 11) is -2.17. The van der Waals surface area contributed by atoms with Crippen molar-refractivity contribution < 1.29 is 15.1 Å². The first kappa shape index (κ1) is 11.6. The first-order valence-corrected chi connectivity index (χ1v) is 3.44. The third kappa shape index (κ3) is 5.81. The molecule has 0 aliphatic carbocycles. The maximum Gasteiger partial charge on any atom is 0.631 e. The molecular formula is C7H9BN2O3. The van der Waals surface area contributed by atoms with Gasteiger partial charge in [-0.3, -0.25) is 0 Å². The standard InChI is InChI=1S/C7H6N2.BH3O3/c1-6-3-2-4-9-7(6)5-8;2-1(3)4/h2-4H,1H3;2-4H. The molecule has 0 aliphatic heterocycles. The van der Waals surface area contributed by atoms with Crippen LogP contribution < -0.4 is 0 Å². The maximum absolute atomic E-state index is 8.41. The van der Waals surface area contributed by atoms with Crippen LogP contribution in [0.25, 0.3) is 0 Å². The smallest absolute Gasteiger partial charge is 0.402 e. The van der Waals surface area contributed by atoms with Crippen LogP contribution in [0.2, 0.25) is 0 Å². The lowest BCUT2D eigenvalue weighted by Gasteiger charge is -1.89. The van der Waals surface area contributed by atoms with E-state index in [0.29, 0.717) is 5.69 Å². The van der Waals surface area contributed by atoms with E-state index in [4.69, 9.17) is 20.3 Å². The number of rotatable bonds is 0. The van der Waals surface area contributed by atoms with Crippen molar-refractivity contribution in [3.05, 3.63) is 29.6 Å². The van der Waals surface area contributed by atoms with Crippen LogP contribution in [0.4, 0.5) is 0 Å². The number of pyridine rings is 1. The molecule has 0 radical (unpaired) electrons. The molecule has 0 saturated carbocycles. The van der Waals surface area contributed by atoms with Gasteiger partial charge in [0.1, 0.15) is 11.8 Å². The summed E-state index contributed by atoms with van der Waals surface area (Å²) in [5, 5.41) is 29.9. The second kappa shape index (κ2) is 6.14. The van der Waals surface area contributed by atoms with Gasteiger partial charge in [0.05, 0.1) is 0 Å². The third-order valence-electron chi connectivity index (χ3n) is 1.12. The molecule has 68 valence electrons. The number of aromatic nitrogens is 1. The van der Waals surface area contributed by atoms with Crippen molar-refractivity contribution in [3.8, 4) is 6.07 Å². The van der Waals surface area contributed by atoms with Gasteiger partial charge in [-0.15, -0.1) is 0 Å². The predicted molar refractivity (Wildman–Crippen MR) is 46.1 cm³/mol. The molecule has 0 bridgehead atoms. The van der Waals surface area contributed by atoms with E-state index in [9.17, 15) is 0 Å². The van der Waals surface area contributed by atoms with Gasteiger partial charge in [-0.25, -0.2) is 4.98 Å². The van der Waals surface area contributed by atoms with Crippen LogP contribution in [-0.4, -0.2) is 27.4 Å². The molecular weight excluding hydrogens is 171 g/mol. The summed E-state index contributed by atoms with van der Waals surface area (Å²) >= 11 is 0. The van der Waals surface area contributed by atoms with Crippen LogP contribution in [-0.2, 0) is 0 Å². The average molecular weight is 180 g/mol. The molecule has 13 heavy (non-hydrogen) atoms. The molecule has 0 atom stereocenters. The van der Waals surface area contributed by atoms with Crippen LogP contribution in [0.3, 0.4) is 0 Å². The summed E-state index contributed by atoms with van der Waals surface area (Å²) in [5.41, 5.74) is 1.44. The molecule has 0 fully saturated rings. The summed E-state index contributed by atoms with van der Waals surface area (Å²) in [6.45, 7) is 1.87. The van der Waals surface area contributed by atoms with Gasteiger partial charge < -0.3 is 15.1 Å². The van der Waals surface area contributed by atoms with E-state index >= 15 is 0 Å². The minimum Gasteiger partial charge on any atom is -0.402 e. The molecule has 1 aromatic rings. The number of hydrogen-bond donors (Lipinski definition) is 3. The molecule has 0 spiro atoms. The highest BCUT2D eigenvalue weighted by Gasteiger charge is 1.92. The second-order valence-corrected chi connectivity index (χ2v) is 2.13. The monoisotopic (exact) mass is 180 g/mol. The zero-order valence-corrected chi connectivity index (χ0v) is 7.05. The van der Waals surface area contributed by atoms with Crippen molar-refractivity contribution in [1.29, 1.82) is 5.26 Å². The van der Waals surface area contributed by atoms with Crippen LogP contribution in [0.15, 0.2) is 18.3 Å². The topological polar surface area (TPSA) is 97.4 Å². The molecule has 0 aliphatic rings. The van der Waals surface area contributed by atoms with E-state index in [1.54, 1.807) is 6.20 Å². The van der Waals surface area contributed by atoms with Gasteiger partial charge in [-0.1, -0.05) is 6.07 Å². The largest absolute Gasteiger partial charge is 0.631 e. The normalized spacial score (nSPS) is 7.92. The minimum atomic E-state index is -2.17. The fourth-order valence-electron chi connectivity index (χ4n) is 0.603. The lowest BCUT2D eigenvalue weighted by Crippen LogP contribution is -2.07. The molecule has 1 rings (SSSR count).